The monoisotopic (exact) mass is 243 g/mol. The predicted molar refractivity (Wildman–Crippen MR) is 62.8 cm³/mol. The van der Waals surface area contributed by atoms with Crippen LogP contribution >= 0.6 is 11.6 Å². The van der Waals surface area contributed by atoms with Gasteiger partial charge in [0.1, 0.15) is 11.5 Å². The second kappa shape index (κ2) is 5.01. The Labute approximate surface area is 96.9 Å². The summed E-state index contributed by atoms with van der Waals surface area (Å²) in [7, 11) is 0.291. The maximum atomic E-state index is 10.9. The summed E-state index contributed by atoms with van der Waals surface area (Å²) in [6.07, 6.45) is 0. The van der Waals surface area contributed by atoms with Crippen molar-refractivity contribution < 1.29 is 9.53 Å². The average Bonchev–Trinajstić information content (AvgIpc) is 2.30. The third-order valence-electron chi connectivity index (χ3n) is 2.36. The summed E-state index contributed by atoms with van der Waals surface area (Å²) in [6, 6.07) is 7.61. The van der Waals surface area contributed by atoms with Crippen molar-refractivity contribution in [1.82, 2.24) is 0 Å². The Morgan fingerprint density at radius 2 is 1.80 bits per heavy atom. The van der Waals surface area contributed by atoms with Gasteiger partial charge in [-0.05, 0) is 35.9 Å². The van der Waals surface area contributed by atoms with E-state index in [0.717, 1.165) is 24.7 Å². The number of hydrogen-bond acceptors (Lipinski definition) is 2. The van der Waals surface area contributed by atoms with Crippen LogP contribution in [0.3, 0.4) is 0 Å². The Hall–Kier alpha value is -0.510. The lowest BCUT2D eigenvalue weighted by Crippen LogP contribution is -2.26. The molecule has 0 aliphatic carbocycles. The summed E-state index contributed by atoms with van der Waals surface area (Å²) in [6.45, 7) is 1.69. The van der Waals surface area contributed by atoms with Crippen LogP contribution in [0, 0.1) is 0 Å². The molecule has 1 aromatic rings. The molecule has 2 rings (SSSR count). The minimum Gasteiger partial charge on any atom is -0.372 e. The Bertz CT molecular complexity index is 344. The molecule has 1 aromatic carbocycles. The van der Waals surface area contributed by atoms with Gasteiger partial charge in [-0.15, -0.1) is 0 Å². The average molecular weight is 244 g/mol. The Balaban J connectivity index is 2.11. The molecule has 0 N–H and O–H groups in total. The number of halogens is 1. The quantitative estimate of drug-likeness (QED) is 0.587. The van der Waals surface area contributed by atoms with Gasteiger partial charge in [0.2, 0.25) is 0 Å². The van der Waals surface area contributed by atoms with E-state index >= 15 is 0 Å². The summed E-state index contributed by atoms with van der Waals surface area (Å²) in [5, 5.41) is -0.392. The summed E-state index contributed by atoms with van der Waals surface area (Å²) >= 11 is 5.38. The normalized spacial score (nSPS) is 17.7. The number of carbonyl (C=O) groups is 1. The van der Waals surface area contributed by atoms with E-state index in [0.29, 0.717) is 16.5 Å². The van der Waals surface area contributed by atoms with Crippen molar-refractivity contribution in [2.75, 3.05) is 24.7 Å². The maximum Gasteiger partial charge on any atom is 0.252 e. The van der Waals surface area contributed by atoms with Crippen LogP contribution in [-0.2, 0) is 15.6 Å². The van der Waals surface area contributed by atoms with Crippen molar-refractivity contribution in [3.05, 3.63) is 29.8 Å². The van der Waals surface area contributed by atoms with Crippen molar-refractivity contribution in [3.63, 3.8) is 0 Å². The van der Waals surface area contributed by atoms with Crippen LogP contribution in [0.15, 0.2) is 29.2 Å². The highest BCUT2D eigenvalue weighted by Crippen LogP contribution is 2.18. The first-order chi connectivity index (χ1) is 7.27. The lowest BCUT2D eigenvalue weighted by Gasteiger charge is -2.13. The highest BCUT2D eigenvalue weighted by Gasteiger charge is 2.25. The SMILES string of the molecule is O=C(Cl)c1ccc([S+]2CCOCC2)cc1. The van der Waals surface area contributed by atoms with Crippen LogP contribution in [-0.4, -0.2) is 30.0 Å². The van der Waals surface area contributed by atoms with Gasteiger partial charge in [-0.2, -0.15) is 0 Å². The lowest BCUT2D eigenvalue weighted by atomic mass is 10.2. The molecular formula is C11H12ClO2S+. The molecule has 1 aliphatic heterocycles. The molecule has 1 aliphatic rings. The molecule has 1 fully saturated rings. The van der Waals surface area contributed by atoms with Crippen molar-refractivity contribution in [2.45, 2.75) is 4.90 Å². The smallest absolute Gasteiger partial charge is 0.252 e. The van der Waals surface area contributed by atoms with Gasteiger partial charge >= 0.3 is 0 Å². The van der Waals surface area contributed by atoms with E-state index in [1.807, 2.05) is 12.1 Å². The first kappa shape index (κ1) is 11.0. The maximum absolute atomic E-state index is 10.9. The molecule has 0 aromatic heterocycles. The zero-order valence-corrected chi connectivity index (χ0v) is 9.81. The van der Waals surface area contributed by atoms with Gasteiger partial charge in [0.15, 0.2) is 4.90 Å². The largest absolute Gasteiger partial charge is 0.372 e. The highest BCUT2D eigenvalue weighted by atomic mass is 35.5. The van der Waals surface area contributed by atoms with E-state index in [4.69, 9.17) is 16.3 Å². The molecule has 80 valence electrons. The Morgan fingerprint density at radius 3 is 2.33 bits per heavy atom. The predicted octanol–water partition coefficient (Wildman–Crippen LogP) is 2.07. The lowest BCUT2D eigenvalue weighted by molar-refractivity contribution is 0.108. The third-order valence-corrected chi connectivity index (χ3v) is 4.84. The molecular weight excluding hydrogens is 232 g/mol. The van der Waals surface area contributed by atoms with E-state index < -0.39 is 5.24 Å². The molecule has 0 saturated carbocycles. The third kappa shape index (κ3) is 2.74. The number of benzene rings is 1. The number of rotatable bonds is 2. The van der Waals surface area contributed by atoms with Crippen molar-refractivity contribution in [2.24, 2.45) is 0 Å². The van der Waals surface area contributed by atoms with E-state index in [2.05, 4.69) is 0 Å². The van der Waals surface area contributed by atoms with E-state index in [-0.39, 0.29) is 0 Å². The highest BCUT2D eigenvalue weighted by molar-refractivity contribution is 7.97. The van der Waals surface area contributed by atoms with Crippen LogP contribution in [0.4, 0.5) is 0 Å². The Kier molecular flexibility index (Phi) is 3.67. The molecule has 0 spiro atoms. The fourth-order valence-electron chi connectivity index (χ4n) is 1.54. The van der Waals surface area contributed by atoms with Crippen LogP contribution in [0.1, 0.15) is 10.4 Å². The van der Waals surface area contributed by atoms with Gasteiger partial charge in [0, 0.05) is 16.5 Å². The minimum absolute atomic E-state index is 0.291. The van der Waals surface area contributed by atoms with Gasteiger partial charge in [-0.1, -0.05) is 0 Å². The van der Waals surface area contributed by atoms with Gasteiger partial charge in [0.05, 0.1) is 13.2 Å². The second-order valence-corrected chi connectivity index (χ2v) is 5.93. The molecule has 0 atom stereocenters. The van der Waals surface area contributed by atoms with Crippen molar-refractivity contribution >= 4 is 27.7 Å². The van der Waals surface area contributed by atoms with E-state index in [1.165, 1.54) is 4.90 Å². The fraction of sp³-hybridized carbons (Fsp3) is 0.364. The van der Waals surface area contributed by atoms with Gasteiger partial charge in [-0.25, -0.2) is 0 Å². The van der Waals surface area contributed by atoms with E-state index in [1.54, 1.807) is 12.1 Å². The summed E-state index contributed by atoms with van der Waals surface area (Å²) in [5.41, 5.74) is 0.567. The summed E-state index contributed by atoms with van der Waals surface area (Å²) in [5.74, 6) is 2.18. The van der Waals surface area contributed by atoms with E-state index in [9.17, 15) is 4.79 Å². The molecule has 0 bridgehead atoms. The molecule has 0 unspecified atom stereocenters. The zero-order chi connectivity index (χ0) is 10.7. The van der Waals surface area contributed by atoms with Gasteiger partial charge < -0.3 is 4.74 Å². The number of ether oxygens (including phenoxy) is 1. The van der Waals surface area contributed by atoms with Crippen LogP contribution in [0.5, 0.6) is 0 Å². The summed E-state index contributed by atoms with van der Waals surface area (Å²) < 4.78 is 5.31. The molecule has 2 nitrogen and oxygen atoms in total. The number of hydrogen-bond donors (Lipinski definition) is 0. The second-order valence-electron chi connectivity index (χ2n) is 3.31. The van der Waals surface area contributed by atoms with Crippen LogP contribution in [0.25, 0.3) is 0 Å². The van der Waals surface area contributed by atoms with Gasteiger partial charge in [0.25, 0.3) is 5.24 Å². The molecule has 1 saturated heterocycles. The first-order valence-electron chi connectivity index (χ1n) is 4.82. The Morgan fingerprint density at radius 1 is 1.20 bits per heavy atom. The standard InChI is InChI=1S/C11H12ClO2S/c12-11(13)9-1-3-10(4-2-9)15-7-5-14-6-8-15/h1-4H,5-8H2/q+1. The molecule has 4 heteroatoms. The molecule has 0 radical (unpaired) electrons. The zero-order valence-electron chi connectivity index (χ0n) is 8.24. The van der Waals surface area contributed by atoms with Crippen LogP contribution in [0.2, 0.25) is 0 Å². The molecule has 0 amide bonds. The molecule has 15 heavy (non-hydrogen) atoms. The van der Waals surface area contributed by atoms with Gasteiger partial charge in [-0.3, -0.25) is 4.79 Å². The minimum atomic E-state index is -0.392. The topological polar surface area (TPSA) is 26.3 Å². The van der Waals surface area contributed by atoms with Crippen molar-refractivity contribution in [1.29, 1.82) is 0 Å². The first-order valence-corrected chi connectivity index (χ1v) is 6.76. The van der Waals surface area contributed by atoms with Crippen LogP contribution < -0.4 is 0 Å². The van der Waals surface area contributed by atoms with Crippen molar-refractivity contribution in [3.8, 4) is 0 Å². The fourth-order valence-corrected chi connectivity index (χ4v) is 3.50. The number of carbonyl (C=O) groups excluding carboxylic acids is 1. The summed E-state index contributed by atoms with van der Waals surface area (Å²) in [4.78, 5) is 12.2. The molecule has 1 heterocycles.